The molecule has 0 amide bonds. The zero-order valence-corrected chi connectivity index (χ0v) is 15.9. The van der Waals surface area contributed by atoms with E-state index in [1.165, 1.54) is 11.1 Å². The van der Waals surface area contributed by atoms with Crippen molar-refractivity contribution in [3.8, 4) is 22.5 Å². The lowest BCUT2D eigenvalue weighted by atomic mass is 10.0. The molecular formula is C24H21FN4. The van der Waals surface area contributed by atoms with Crippen molar-refractivity contribution >= 4 is 0 Å². The molecule has 29 heavy (non-hydrogen) atoms. The van der Waals surface area contributed by atoms with Crippen LogP contribution >= 0.6 is 0 Å². The molecule has 4 nitrogen and oxygen atoms in total. The van der Waals surface area contributed by atoms with Crippen molar-refractivity contribution in [2.45, 2.75) is 25.4 Å². The lowest BCUT2D eigenvalue weighted by molar-refractivity contribution is 0.516. The van der Waals surface area contributed by atoms with E-state index in [0.717, 1.165) is 29.5 Å². The molecule has 4 aromatic rings. The van der Waals surface area contributed by atoms with Crippen LogP contribution in [0.25, 0.3) is 22.5 Å². The minimum absolute atomic E-state index is 0.186. The van der Waals surface area contributed by atoms with E-state index in [-0.39, 0.29) is 5.82 Å². The fraction of sp³-hybridized carbons (Fsp3) is 0.167. The van der Waals surface area contributed by atoms with Gasteiger partial charge in [0.2, 0.25) is 0 Å². The fourth-order valence-corrected chi connectivity index (χ4v) is 4.01. The molecule has 5 rings (SSSR count). The van der Waals surface area contributed by atoms with Crippen LogP contribution in [0.15, 0.2) is 73.1 Å². The molecule has 1 heterocycles. The highest BCUT2D eigenvalue weighted by Gasteiger charge is 2.20. The van der Waals surface area contributed by atoms with E-state index in [9.17, 15) is 4.39 Å². The van der Waals surface area contributed by atoms with E-state index < -0.39 is 0 Å². The van der Waals surface area contributed by atoms with Gasteiger partial charge in [0, 0.05) is 23.7 Å². The van der Waals surface area contributed by atoms with E-state index in [4.69, 9.17) is 0 Å². The molecule has 0 spiro atoms. The molecule has 2 N–H and O–H groups in total. The molecule has 5 heteroatoms. The van der Waals surface area contributed by atoms with Gasteiger partial charge in [0.15, 0.2) is 5.82 Å². The van der Waals surface area contributed by atoms with Crippen molar-refractivity contribution in [3.63, 3.8) is 0 Å². The Morgan fingerprint density at radius 3 is 2.38 bits per heavy atom. The Labute approximate surface area is 168 Å². The van der Waals surface area contributed by atoms with Crippen LogP contribution in [0.1, 0.15) is 16.7 Å². The predicted octanol–water partition coefficient (Wildman–Crippen LogP) is 4.53. The van der Waals surface area contributed by atoms with Gasteiger partial charge in [-0.2, -0.15) is 5.10 Å². The van der Waals surface area contributed by atoms with Crippen molar-refractivity contribution in [2.75, 3.05) is 0 Å². The maximum atomic E-state index is 14.8. The first kappa shape index (κ1) is 17.8. The van der Waals surface area contributed by atoms with Crippen LogP contribution in [-0.4, -0.2) is 21.2 Å². The van der Waals surface area contributed by atoms with Crippen molar-refractivity contribution in [1.29, 1.82) is 0 Å². The number of H-pyrrole nitrogens is 1. The minimum atomic E-state index is -0.186. The maximum absolute atomic E-state index is 14.8. The van der Waals surface area contributed by atoms with Crippen LogP contribution in [0.4, 0.5) is 4.39 Å². The second kappa shape index (κ2) is 7.60. The molecule has 0 saturated heterocycles. The van der Waals surface area contributed by atoms with Gasteiger partial charge in [0.25, 0.3) is 0 Å². The van der Waals surface area contributed by atoms with Crippen molar-refractivity contribution < 1.29 is 4.39 Å². The number of hydrogen-bond acceptors (Lipinski definition) is 3. The predicted molar refractivity (Wildman–Crippen MR) is 112 cm³/mol. The Bertz CT molecular complexity index is 1110. The fourth-order valence-electron chi connectivity index (χ4n) is 4.01. The summed E-state index contributed by atoms with van der Waals surface area (Å²) in [6, 6.07) is 22.2. The first-order chi connectivity index (χ1) is 14.3. The number of nitrogens with one attached hydrogen (secondary N) is 2. The molecule has 0 aliphatic heterocycles. The Hall–Kier alpha value is -3.31. The number of nitrogens with zero attached hydrogens (tertiary/aromatic N) is 2. The third-order valence-corrected chi connectivity index (χ3v) is 5.55. The van der Waals surface area contributed by atoms with Gasteiger partial charge in [-0.15, -0.1) is 0 Å². The number of aromatic amines is 1. The molecule has 0 bridgehead atoms. The number of benzene rings is 3. The molecule has 0 radical (unpaired) electrons. The lowest BCUT2D eigenvalue weighted by Gasteiger charge is -2.13. The number of halogens is 1. The van der Waals surface area contributed by atoms with Crippen LogP contribution in [0.5, 0.6) is 0 Å². The summed E-state index contributed by atoms with van der Waals surface area (Å²) in [6.07, 6.45) is 3.56. The molecular weight excluding hydrogens is 363 g/mol. The van der Waals surface area contributed by atoms with Gasteiger partial charge < -0.3 is 5.32 Å². The highest BCUT2D eigenvalue weighted by Crippen LogP contribution is 2.26. The average molecular weight is 384 g/mol. The molecule has 3 aromatic carbocycles. The highest BCUT2D eigenvalue weighted by molar-refractivity contribution is 5.70. The van der Waals surface area contributed by atoms with Gasteiger partial charge in [-0.25, -0.2) is 9.37 Å². The summed E-state index contributed by atoms with van der Waals surface area (Å²) in [5.74, 6) is 0.444. The third-order valence-electron chi connectivity index (χ3n) is 5.55. The van der Waals surface area contributed by atoms with Gasteiger partial charge in [0.05, 0.1) is 0 Å². The third kappa shape index (κ3) is 3.69. The Morgan fingerprint density at radius 1 is 0.897 bits per heavy atom. The van der Waals surface area contributed by atoms with Crippen molar-refractivity contribution in [1.82, 2.24) is 20.5 Å². The summed E-state index contributed by atoms with van der Waals surface area (Å²) in [4.78, 5) is 4.18. The van der Waals surface area contributed by atoms with Gasteiger partial charge >= 0.3 is 0 Å². The quantitative estimate of drug-likeness (QED) is 0.531. The summed E-state index contributed by atoms with van der Waals surface area (Å²) in [6.45, 7) is 0.530. The average Bonchev–Trinajstić information content (AvgIpc) is 3.42. The van der Waals surface area contributed by atoms with Crippen molar-refractivity contribution in [2.24, 2.45) is 0 Å². The monoisotopic (exact) mass is 384 g/mol. The Morgan fingerprint density at radius 2 is 1.66 bits per heavy atom. The molecule has 0 fully saturated rings. The molecule has 0 saturated carbocycles. The van der Waals surface area contributed by atoms with E-state index in [1.807, 2.05) is 36.4 Å². The summed E-state index contributed by atoms with van der Waals surface area (Å²) in [5.41, 5.74) is 6.17. The normalized spacial score (nSPS) is 13.6. The minimum Gasteiger partial charge on any atom is -0.309 e. The largest absolute Gasteiger partial charge is 0.309 e. The molecule has 1 aromatic heterocycles. The van der Waals surface area contributed by atoms with Gasteiger partial charge in [-0.05, 0) is 47.2 Å². The highest BCUT2D eigenvalue weighted by atomic mass is 19.1. The lowest BCUT2D eigenvalue weighted by Crippen LogP contribution is -2.29. The topological polar surface area (TPSA) is 53.6 Å². The second-order valence-corrected chi connectivity index (χ2v) is 7.46. The van der Waals surface area contributed by atoms with Crippen LogP contribution < -0.4 is 5.32 Å². The SMILES string of the molecule is Fc1cc(-c2cccc(-c3nc[nH]n3)c2)ccc1CNC1Cc2ccccc2C1. The van der Waals surface area contributed by atoms with Crippen LogP contribution in [0, 0.1) is 5.82 Å². The zero-order valence-electron chi connectivity index (χ0n) is 15.9. The van der Waals surface area contributed by atoms with E-state index >= 15 is 0 Å². The molecule has 144 valence electrons. The van der Waals surface area contributed by atoms with E-state index in [0.29, 0.717) is 24.0 Å². The molecule has 1 aliphatic rings. The summed E-state index contributed by atoms with van der Waals surface area (Å²) in [7, 11) is 0. The molecule has 1 aliphatic carbocycles. The van der Waals surface area contributed by atoms with Crippen LogP contribution in [-0.2, 0) is 19.4 Å². The Balaban J connectivity index is 1.29. The second-order valence-electron chi connectivity index (χ2n) is 7.46. The van der Waals surface area contributed by atoms with Gasteiger partial charge in [0.1, 0.15) is 12.1 Å². The first-order valence-corrected chi connectivity index (χ1v) is 9.81. The smallest absolute Gasteiger partial charge is 0.180 e. The van der Waals surface area contributed by atoms with Crippen LogP contribution in [0.3, 0.4) is 0 Å². The summed E-state index contributed by atoms with van der Waals surface area (Å²) < 4.78 is 14.8. The molecule has 0 unspecified atom stereocenters. The maximum Gasteiger partial charge on any atom is 0.180 e. The van der Waals surface area contributed by atoms with E-state index in [1.54, 1.807) is 12.4 Å². The molecule has 0 atom stereocenters. The summed E-state index contributed by atoms with van der Waals surface area (Å²) in [5, 5.41) is 10.3. The van der Waals surface area contributed by atoms with Gasteiger partial charge in [-0.3, -0.25) is 5.10 Å². The first-order valence-electron chi connectivity index (χ1n) is 9.81. The van der Waals surface area contributed by atoms with E-state index in [2.05, 4.69) is 44.8 Å². The zero-order chi connectivity index (χ0) is 19.6. The van der Waals surface area contributed by atoms with Gasteiger partial charge in [-0.1, -0.05) is 54.6 Å². The standard InChI is InChI=1S/C24H21FN4/c25-23-13-19(16-6-3-7-20(10-16)24-27-15-28-29-24)8-9-21(23)14-26-22-11-17-4-1-2-5-18(17)12-22/h1-10,13,15,22,26H,11-12,14H2,(H,27,28,29). The number of rotatable bonds is 5. The summed E-state index contributed by atoms with van der Waals surface area (Å²) >= 11 is 0. The van der Waals surface area contributed by atoms with Crippen molar-refractivity contribution in [3.05, 3.63) is 95.6 Å². The number of hydrogen-bond donors (Lipinski definition) is 2. The number of fused-ring (bicyclic) bond motifs is 1. The Kier molecular flexibility index (Phi) is 4.66. The van der Waals surface area contributed by atoms with Crippen LogP contribution in [0.2, 0.25) is 0 Å². The number of aromatic nitrogens is 3.